The number of amides is 2. The van der Waals surface area contributed by atoms with Crippen molar-refractivity contribution in [3.05, 3.63) is 12.2 Å². The van der Waals surface area contributed by atoms with E-state index in [0.29, 0.717) is 13.0 Å². The SMILES string of the molecule is COC(=O)CN1CC=CCC(NC(=O)OC(C)(C)C)C1=O. The third-order valence-corrected chi connectivity index (χ3v) is 2.71. The summed E-state index contributed by atoms with van der Waals surface area (Å²) in [5.74, 6) is -0.842. The number of hydrogen-bond acceptors (Lipinski definition) is 5. The molecular weight excluding hydrogens is 276 g/mol. The Hall–Kier alpha value is -2.05. The number of nitrogens with one attached hydrogen (secondary N) is 1. The Morgan fingerprint density at radius 3 is 2.62 bits per heavy atom. The molecule has 1 heterocycles. The van der Waals surface area contributed by atoms with Gasteiger partial charge < -0.3 is 19.7 Å². The standard InChI is InChI=1S/C14H22N2O5/c1-14(2,3)21-13(19)15-10-7-5-6-8-16(12(10)18)9-11(17)20-4/h5-6,10H,7-9H2,1-4H3,(H,15,19). The van der Waals surface area contributed by atoms with Crippen molar-refractivity contribution in [1.82, 2.24) is 10.2 Å². The first kappa shape index (κ1) is 17.0. The molecule has 1 atom stereocenters. The highest BCUT2D eigenvalue weighted by molar-refractivity contribution is 5.89. The second-order valence-corrected chi connectivity index (χ2v) is 5.70. The average Bonchev–Trinajstić information content (AvgIpc) is 2.52. The van der Waals surface area contributed by atoms with Crippen LogP contribution in [0.3, 0.4) is 0 Å². The van der Waals surface area contributed by atoms with Gasteiger partial charge in [0.25, 0.3) is 0 Å². The molecule has 0 aromatic carbocycles. The highest BCUT2D eigenvalue weighted by Crippen LogP contribution is 2.10. The molecule has 118 valence electrons. The van der Waals surface area contributed by atoms with E-state index in [4.69, 9.17) is 4.74 Å². The van der Waals surface area contributed by atoms with Gasteiger partial charge in [-0.15, -0.1) is 0 Å². The predicted octanol–water partition coefficient (Wildman–Crippen LogP) is 0.841. The number of esters is 1. The molecule has 0 saturated carbocycles. The molecule has 7 heteroatoms. The summed E-state index contributed by atoms with van der Waals surface area (Å²) in [5.41, 5.74) is -0.639. The van der Waals surface area contributed by atoms with Crippen LogP contribution in [0.2, 0.25) is 0 Å². The average molecular weight is 298 g/mol. The second-order valence-electron chi connectivity index (χ2n) is 5.70. The van der Waals surface area contributed by atoms with Crippen molar-refractivity contribution in [3.8, 4) is 0 Å². The zero-order valence-electron chi connectivity index (χ0n) is 12.8. The van der Waals surface area contributed by atoms with Gasteiger partial charge in [-0.3, -0.25) is 9.59 Å². The molecule has 1 rings (SSSR count). The van der Waals surface area contributed by atoms with Crippen LogP contribution in [0, 0.1) is 0 Å². The molecular formula is C14H22N2O5. The smallest absolute Gasteiger partial charge is 0.408 e. The van der Waals surface area contributed by atoms with Crippen LogP contribution in [0.25, 0.3) is 0 Å². The molecule has 1 N–H and O–H groups in total. The molecule has 1 aliphatic heterocycles. The maximum Gasteiger partial charge on any atom is 0.408 e. The van der Waals surface area contributed by atoms with Crippen molar-refractivity contribution in [2.24, 2.45) is 0 Å². The van der Waals surface area contributed by atoms with Crippen molar-refractivity contribution >= 4 is 18.0 Å². The minimum absolute atomic E-state index is 0.147. The van der Waals surface area contributed by atoms with E-state index < -0.39 is 23.7 Å². The lowest BCUT2D eigenvalue weighted by Gasteiger charge is -2.25. The molecule has 0 aliphatic carbocycles. The zero-order chi connectivity index (χ0) is 16.0. The third kappa shape index (κ3) is 5.85. The minimum Gasteiger partial charge on any atom is -0.468 e. The van der Waals surface area contributed by atoms with E-state index in [9.17, 15) is 14.4 Å². The first-order valence-electron chi connectivity index (χ1n) is 6.73. The quantitative estimate of drug-likeness (QED) is 0.616. The van der Waals surface area contributed by atoms with E-state index in [1.54, 1.807) is 32.9 Å². The summed E-state index contributed by atoms with van der Waals surface area (Å²) in [6, 6.07) is -0.747. The molecule has 2 amide bonds. The highest BCUT2D eigenvalue weighted by atomic mass is 16.6. The highest BCUT2D eigenvalue weighted by Gasteiger charge is 2.29. The lowest BCUT2D eigenvalue weighted by atomic mass is 10.2. The second kappa shape index (κ2) is 7.10. The number of hydrogen-bond donors (Lipinski definition) is 1. The third-order valence-electron chi connectivity index (χ3n) is 2.71. The largest absolute Gasteiger partial charge is 0.468 e. The Bertz CT molecular complexity index is 439. The summed E-state index contributed by atoms with van der Waals surface area (Å²) < 4.78 is 9.69. The number of carbonyl (C=O) groups is 3. The Morgan fingerprint density at radius 2 is 2.05 bits per heavy atom. The summed E-state index contributed by atoms with van der Waals surface area (Å²) in [4.78, 5) is 36.7. The fourth-order valence-electron chi connectivity index (χ4n) is 1.78. The van der Waals surface area contributed by atoms with Crippen molar-refractivity contribution in [1.29, 1.82) is 0 Å². The lowest BCUT2D eigenvalue weighted by Crippen LogP contribution is -2.50. The van der Waals surface area contributed by atoms with Crippen LogP contribution in [0.1, 0.15) is 27.2 Å². The van der Waals surface area contributed by atoms with Crippen LogP contribution < -0.4 is 5.32 Å². The van der Waals surface area contributed by atoms with Gasteiger partial charge in [-0.1, -0.05) is 12.2 Å². The van der Waals surface area contributed by atoms with Gasteiger partial charge >= 0.3 is 12.1 Å². The summed E-state index contributed by atoms with van der Waals surface area (Å²) in [6.45, 7) is 5.38. The molecule has 0 radical (unpaired) electrons. The van der Waals surface area contributed by atoms with Crippen LogP contribution >= 0.6 is 0 Å². The fourth-order valence-corrected chi connectivity index (χ4v) is 1.78. The van der Waals surface area contributed by atoms with Crippen molar-refractivity contribution < 1.29 is 23.9 Å². The van der Waals surface area contributed by atoms with Crippen LogP contribution in [0.15, 0.2) is 12.2 Å². The van der Waals surface area contributed by atoms with E-state index in [-0.39, 0.29) is 12.5 Å². The minimum atomic E-state index is -0.747. The number of methoxy groups -OCH3 is 1. The first-order valence-corrected chi connectivity index (χ1v) is 6.73. The lowest BCUT2D eigenvalue weighted by molar-refractivity contribution is -0.147. The number of rotatable bonds is 3. The van der Waals surface area contributed by atoms with Crippen LogP contribution in [0.5, 0.6) is 0 Å². The van der Waals surface area contributed by atoms with Gasteiger partial charge in [0.05, 0.1) is 7.11 Å². The zero-order valence-corrected chi connectivity index (χ0v) is 12.8. The maximum atomic E-state index is 12.3. The van der Waals surface area contributed by atoms with Crippen LogP contribution in [-0.2, 0) is 19.1 Å². The van der Waals surface area contributed by atoms with Gasteiger partial charge in [-0.2, -0.15) is 0 Å². The fraction of sp³-hybridized carbons (Fsp3) is 0.643. The molecule has 21 heavy (non-hydrogen) atoms. The first-order chi connectivity index (χ1) is 9.73. The number of alkyl carbamates (subject to hydrolysis) is 1. The Labute approximate surface area is 124 Å². The number of nitrogens with zero attached hydrogens (tertiary/aromatic N) is 1. The molecule has 7 nitrogen and oxygen atoms in total. The van der Waals surface area contributed by atoms with E-state index in [1.165, 1.54) is 12.0 Å². The van der Waals surface area contributed by atoms with Crippen molar-refractivity contribution in [3.63, 3.8) is 0 Å². The van der Waals surface area contributed by atoms with E-state index in [0.717, 1.165) is 0 Å². The summed E-state index contributed by atoms with van der Waals surface area (Å²) in [6.07, 6.45) is 3.26. The van der Waals surface area contributed by atoms with Gasteiger partial charge in [0.2, 0.25) is 5.91 Å². The van der Waals surface area contributed by atoms with E-state index in [2.05, 4.69) is 10.1 Å². The molecule has 0 fully saturated rings. The molecule has 0 saturated heterocycles. The normalized spacial score (nSPS) is 19.0. The summed E-state index contributed by atoms with van der Waals surface area (Å²) >= 11 is 0. The van der Waals surface area contributed by atoms with Gasteiger partial charge in [0.1, 0.15) is 18.2 Å². The molecule has 0 bridgehead atoms. The molecule has 0 aromatic rings. The van der Waals surface area contributed by atoms with Gasteiger partial charge in [0.15, 0.2) is 0 Å². The van der Waals surface area contributed by atoms with E-state index >= 15 is 0 Å². The Balaban J connectivity index is 2.68. The van der Waals surface area contributed by atoms with Crippen molar-refractivity contribution in [2.75, 3.05) is 20.2 Å². The Morgan fingerprint density at radius 1 is 1.38 bits per heavy atom. The monoisotopic (exact) mass is 298 g/mol. The van der Waals surface area contributed by atoms with Crippen LogP contribution in [-0.4, -0.2) is 54.7 Å². The van der Waals surface area contributed by atoms with Gasteiger partial charge in [-0.05, 0) is 27.2 Å². The van der Waals surface area contributed by atoms with Crippen molar-refractivity contribution in [2.45, 2.75) is 38.8 Å². The topological polar surface area (TPSA) is 84.9 Å². The number of carbonyl (C=O) groups excluding carboxylic acids is 3. The molecule has 1 unspecified atom stereocenters. The van der Waals surface area contributed by atoms with Crippen LogP contribution in [0.4, 0.5) is 4.79 Å². The molecule has 0 spiro atoms. The maximum absolute atomic E-state index is 12.3. The summed E-state index contributed by atoms with van der Waals surface area (Å²) in [7, 11) is 1.26. The van der Waals surface area contributed by atoms with E-state index in [1.807, 2.05) is 0 Å². The summed E-state index contributed by atoms with van der Waals surface area (Å²) in [5, 5.41) is 2.53. The predicted molar refractivity (Wildman–Crippen MR) is 75.5 cm³/mol. The molecule has 1 aliphatic rings. The van der Waals surface area contributed by atoms with Gasteiger partial charge in [-0.25, -0.2) is 4.79 Å². The Kier molecular flexibility index (Phi) is 5.75. The number of ether oxygens (including phenoxy) is 2. The molecule has 0 aromatic heterocycles. The van der Waals surface area contributed by atoms with Gasteiger partial charge in [0, 0.05) is 6.54 Å².